The molecule has 1 N–H and O–H groups in total. The minimum absolute atomic E-state index is 0. The van der Waals surface area contributed by atoms with Crippen molar-refractivity contribution in [1.29, 1.82) is 0 Å². The average Bonchev–Trinajstić information content (AvgIpc) is 2.56. The molecule has 7 heteroatoms. The van der Waals surface area contributed by atoms with E-state index in [9.17, 15) is 13.5 Å². The van der Waals surface area contributed by atoms with Gasteiger partial charge in [-0.25, -0.2) is 0 Å². The Morgan fingerprint density at radius 3 is 2.42 bits per heavy atom. The summed E-state index contributed by atoms with van der Waals surface area (Å²) in [5.41, 5.74) is 0.973. The van der Waals surface area contributed by atoms with Gasteiger partial charge in [0.25, 0.3) is 10.1 Å². The van der Waals surface area contributed by atoms with E-state index >= 15 is 0 Å². The van der Waals surface area contributed by atoms with Crippen LogP contribution < -0.4 is 61.2 Å². The first-order valence-corrected chi connectivity index (χ1v) is 9.89. The number of aryl methyl sites for hydroxylation is 1. The molecule has 0 saturated heterocycles. The van der Waals surface area contributed by atoms with E-state index in [0.29, 0.717) is 0 Å². The molecule has 0 bridgehead atoms. The SMILES string of the molecule is CCCCCCCc1ccc(Oc2cccc(S(=O)(=O)O)c2)c([O-])c1.[K+]. The molecule has 0 aromatic heterocycles. The summed E-state index contributed by atoms with van der Waals surface area (Å²) >= 11 is 0. The predicted octanol–water partition coefficient (Wildman–Crippen LogP) is 1.32. The molecular formula is C19H23KO5S. The monoisotopic (exact) mass is 402 g/mol. The molecule has 0 heterocycles. The number of rotatable bonds is 9. The number of hydrogen-bond donors (Lipinski definition) is 1. The Balaban J connectivity index is 0.00000338. The fourth-order valence-electron chi connectivity index (χ4n) is 2.55. The van der Waals surface area contributed by atoms with E-state index in [1.807, 2.05) is 6.07 Å². The third-order valence-corrected chi connectivity index (χ3v) is 4.76. The summed E-state index contributed by atoms with van der Waals surface area (Å²) in [5, 5.41) is 12.2. The zero-order chi connectivity index (χ0) is 18.3. The molecule has 0 aliphatic carbocycles. The van der Waals surface area contributed by atoms with E-state index in [0.717, 1.165) is 24.8 Å². The van der Waals surface area contributed by atoms with Gasteiger partial charge >= 0.3 is 51.4 Å². The van der Waals surface area contributed by atoms with Crippen LogP contribution >= 0.6 is 0 Å². The van der Waals surface area contributed by atoms with Crippen molar-refractivity contribution in [2.75, 3.05) is 0 Å². The molecule has 5 nitrogen and oxygen atoms in total. The quantitative estimate of drug-likeness (QED) is 0.388. The maximum Gasteiger partial charge on any atom is 1.00 e. The van der Waals surface area contributed by atoms with Crippen LogP contribution in [-0.4, -0.2) is 13.0 Å². The Bertz CT molecular complexity index is 805. The largest absolute Gasteiger partial charge is 1.00 e. The van der Waals surface area contributed by atoms with Crippen molar-refractivity contribution in [3.63, 3.8) is 0 Å². The summed E-state index contributed by atoms with van der Waals surface area (Å²) in [6.07, 6.45) is 6.72. The maximum atomic E-state index is 12.2. The van der Waals surface area contributed by atoms with Crippen molar-refractivity contribution in [3.8, 4) is 17.2 Å². The van der Waals surface area contributed by atoms with Crippen LogP contribution in [0.15, 0.2) is 47.4 Å². The first-order chi connectivity index (χ1) is 11.9. The Morgan fingerprint density at radius 1 is 1.04 bits per heavy atom. The molecular weight excluding hydrogens is 379 g/mol. The molecule has 0 unspecified atom stereocenters. The second-order valence-electron chi connectivity index (χ2n) is 6.00. The average molecular weight is 403 g/mol. The Hall–Kier alpha value is -0.414. The van der Waals surface area contributed by atoms with Crippen molar-refractivity contribution in [2.45, 2.75) is 50.3 Å². The summed E-state index contributed by atoms with van der Waals surface area (Å²) in [6, 6.07) is 10.4. The maximum absolute atomic E-state index is 12.2. The molecule has 0 fully saturated rings. The summed E-state index contributed by atoms with van der Waals surface area (Å²) < 4.78 is 36.8. The van der Waals surface area contributed by atoms with Gasteiger partial charge in [0.2, 0.25) is 0 Å². The fourth-order valence-corrected chi connectivity index (χ4v) is 3.07. The second-order valence-corrected chi connectivity index (χ2v) is 7.42. The van der Waals surface area contributed by atoms with Gasteiger partial charge in [-0.15, -0.1) is 0 Å². The van der Waals surface area contributed by atoms with E-state index in [1.54, 1.807) is 12.1 Å². The van der Waals surface area contributed by atoms with Crippen molar-refractivity contribution < 1.29 is 74.2 Å². The molecule has 0 saturated carbocycles. The number of ether oxygens (including phenoxy) is 1. The second kappa shape index (κ2) is 11.4. The Labute approximate surface area is 198 Å². The van der Waals surface area contributed by atoms with Crippen LogP contribution in [0.3, 0.4) is 0 Å². The molecule has 0 aliphatic rings. The van der Waals surface area contributed by atoms with Crippen LogP contribution in [0.25, 0.3) is 0 Å². The van der Waals surface area contributed by atoms with Crippen molar-refractivity contribution in [3.05, 3.63) is 48.0 Å². The van der Waals surface area contributed by atoms with Gasteiger partial charge in [-0.1, -0.05) is 56.6 Å². The van der Waals surface area contributed by atoms with Crippen molar-refractivity contribution >= 4 is 10.1 Å². The van der Waals surface area contributed by atoms with Gasteiger partial charge in [-0.05, 0) is 36.6 Å². The zero-order valence-electron chi connectivity index (χ0n) is 15.3. The molecule has 136 valence electrons. The van der Waals surface area contributed by atoms with Gasteiger partial charge in [0.05, 0.1) is 4.90 Å². The van der Waals surface area contributed by atoms with Crippen molar-refractivity contribution in [2.24, 2.45) is 0 Å². The summed E-state index contributed by atoms with van der Waals surface area (Å²) in [4.78, 5) is -0.277. The first kappa shape index (κ1) is 23.6. The number of unbranched alkanes of at least 4 members (excludes halogenated alkanes) is 4. The predicted molar refractivity (Wildman–Crippen MR) is 94.7 cm³/mol. The van der Waals surface area contributed by atoms with Crippen LogP contribution in [0, 0.1) is 0 Å². The van der Waals surface area contributed by atoms with Crippen LogP contribution in [-0.2, 0) is 16.5 Å². The van der Waals surface area contributed by atoms with Crippen LogP contribution in [0.1, 0.15) is 44.6 Å². The molecule has 2 aromatic rings. The first-order valence-electron chi connectivity index (χ1n) is 8.45. The third-order valence-electron chi connectivity index (χ3n) is 3.91. The third kappa shape index (κ3) is 7.68. The van der Waals surface area contributed by atoms with Crippen LogP contribution in [0.2, 0.25) is 0 Å². The van der Waals surface area contributed by atoms with E-state index < -0.39 is 10.1 Å². The topological polar surface area (TPSA) is 86.7 Å². The van der Waals surface area contributed by atoms with Crippen LogP contribution in [0.4, 0.5) is 0 Å². The van der Waals surface area contributed by atoms with Crippen LogP contribution in [0.5, 0.6) is 17.2 Å². The van der Waals surface area contributed by atoms with Crippen molar-refractivity contribution in [1.82, 2.24) is 0 Å². The molecule has 2 rings (SSSR count). The Morgan fingerprint density at radius 2 is 1.77 bits per heavy atom. The number of benzene rings is 2. The minimum Gasteiger partial charge on any atom is -0.870 e. The summed E-state index contributed by atoms with van der Waals surface area (Å²) in [7, 11) is -4.31. The van der Waals surface area contributed by atoms with Gasteiger partial charge in [-0.3, -0.25) is 4.55 Å². The standard InChI is InChI=1S/C19H24O5S.K/c1-2-3-4-5-6-8-15-11-12-19(18(20)13-15)24-16-9-7-10-17(14-16)25(21,22)23;/h7,9-14,20H,2-6,8H2,1H3,(H,21,22,23);/q;+1/p-1. The van der Waals surface area contributed by atoms with E-state index in [2.05, 4.69) is 6.92 Å². The molecule has 0 spiro atoms. The summed E-state index contributed by atoms with van der Waals surface area (Å²) in [5.74, 6) is 0.0603. The number of hydrogen-bond acceptors (Lipinski definition) is 4. The van der Waals surface area contributed by atoms with Gasteiger partial charge in [0.1, 0.15) is 11.5 Å². The van der Waals surface area contributed by atoms with E-state index in [1.165, 1.54) is 43.5 Å². The normalized spacial score (nSPS) is 11.0. The minimum atomic E-state index is -4.31. The zero-order valence-corrected chi connectivity index (χ0v) is 19.2. The molecule has 0 amide bonds. The summed E-state index contributed by atoms with van der Waals surface area (Å²) in [6.45, 7) is 2.17. The van der Waals surface area contributed by atoms with Gasteiger partial charge < -0.3 is 9.84 Å². The van der Waals surface area contributed by atoms with E-state index in [4.69, 9.17) is 9.29 Å². The smallest absolute Gasteiger partial charge is 0.870 e. The fraction of sp³-hybridized carbons (Fsp3) is 0.368. The van der Waals surface area contributed by atoms with E-state index in [-0.39, 0.29) is 73.5 Å². The van der Waals surface area contributed by atoms with Gasteiger partial charge in [-0.2, -0.15) is 8.42 Å². The molecule has 0 aliphatic heterocycles. The molecule has 0 atom stereocenters. The Kier molecular flexibility index (Phi) is 10.4. The molecule has 0 radical (unpaired) electrons. The molecule has 26 heavy (non-hydrogen) atoms. The van der Waals surface area contributed by atoms with Gasteiger partial charge in [0, 0.05) is 6.07 Å². The molecule has 2 aromatic carbocycles. The van der Waals surface area contributed by atoms with Gasteiger partial charge in [0.15, 0.2) is 0 Å².